The molecule has 0 aliphatic heterocycles. The number of hydrogen-bond acceptors (Lipinski definition) is 6. The average Bonchev–Trinajstić information content (AvgIpc) is 2.62. The van der Waals surface area contributed by atoms with Crippen LogP contribution in [0.1, 0.15) is 5.56 Å². The molecule has 0 fully saturated rings. The van der Waals surface area contributed by atoms with E-state index in [1.54, 1.807) is 0 Å². The second-order valence-corrected chi connectivity index (χ2v) is 5.26. The molecule has 0 saturated heterocycles. The van der Waals surface area contributed by atoms with E-state index in [1.165, 1.54) is 56.8 Å². The molecule has 2 aromatic carbocycles. The quantitative estimate of drug-likeness (QED) is 0.345. The molecular formula is C16H15FN4O4S. The molecule has 2 rings (SSSR count). The molecule has 0 spiro atoms. The average molecular weight is 378 g/mol. The maximum atomic E-state index is 12.9. The van der Waals surface area contributed by atoms with Gasteiger partial charge in [0, 0.05) is 5.69 Å². The highest BCUT2D eigenvalue weighted by molar-refractivity contribution is 7.80. The van der Waals surface area contributed by atoms with E-state index in [2.05, 4.69) is 15.8 Å². The number of nitro benzene ring substituents is 1. The summed E-state index contributed by atoms with van der Waals surface area (Å²) in [5.74, 6) is 0.192. The van der Waals surface area contributed by atoms with E-state index >= 15 is 0 Å². The van der Waals surface area contributed by atoms with E-state index in [4.69, 9.17) is 21.7 Å². The molecule has 2 N–H and O–H groups in total. The zero-order valence-electron chi connectivity index (χ0n) is 13.9. The number of nitrogens with one attached hydrogen (secondary N) is 2. The number of anilines is 1. The highest BCUT2D eigenvalue weighted by atomic mass is 32.1. The third kappa shape index (κ3) is 4.86. The fraction of sp³-hybridized carbons (Fsp3) is 0.125. The number of methoxy groups -OCH3 is 2. The first-order chi connectivity index (χ1) is 12.4. The Morgan fingerprint density at radius 3 is 2.42 bits per heavy atom. The molecule has 0 aromatic heterocycles. The summed E-state index contributed by atoms with van der Waals surface area (Å²) < 4.78 is 23.0. The lowest BCUT2D eigenvalue weighted by Crippen LogP contribution is -2.23. The molecule has 8 nitrogen and oxygen atoms in total. The van der Waals surface area contributed by atoms with Crippen molar-refractivity contribution in [1.29, 1.82) is 0 Å². The second kappa shape index (κ2) is 8.72. The van der Waals surface area contributed by atoms with Crippen molar-refractivity contribution in [1.82, 2.24) is 5.43 Å². The summed E-state index contributed by atoms with van der Waals surface area (Å²) in [7, 11) is 2.81. The largest absolute Gasteiger partial charge is 0.493 e. The predicted molar refractivity (Wildman–Crippen MR) is 99.6 cm³/mol. The van der Waals surface area contributed by atoms with Gasteiger partial charge in [0.25, 0.3) is 5.69 Å². The number of nitrogens with zero attached hydrogens (tertiary/aromatic N) is 2. The SMILES string of the molecule is COc1cc(/C=N\NC(=S)Nc2ccc(F)cc2)c([N+](=O)[O-])cc1OC. The second-order valence-electron chi connectivity index (χ2n) is 4.85. The third-order valence-corrected chi connectivity index (χ3v) is 3.39. The van der Waals surface area contributed by atoms with E-state index in [0.29, 0.717) is 11.4 Å². The van der Waals surface area contributed by atoms with Crippen molar-refractivity contribution in [2.75, 3.05) is 19.5 Å². The van der Waals surface area contributed by atoms with Gasteiger partial charge in [-0.05, 0) is 42.5 Å². The first-order valence-electron chi connectivity index (χ1n) is 7.20. The predicted octanol–water partition coefficient (Wildman–Crippen LogP) is 3.07. The highest BCUT2D eigenvalue weighted by Gasteiger charge is 2.18. The van der Waals surface area contributed by atoms with Gasteiger partial charge < -0.3 is 14.8 Å². The highest BCUT2D eigenvalue weighted by Crippen LogP contribution is 2.33. The summed E-state index contributed by atoms with van der Waals surface area (Å²) in [5.41, 5.74) is 3.09. The molecule has 0 unspecified atom stereocenters. The maximum absolute atomic E-state index is 12.9. The van der Waals surface area contributed by atoms with Gasteiger partial charge in [0.05, 0.1) is 37.0 Å². The Labute approximate surface area is 153 Å². The molecule has 10 heteroatoms. The molecule has 0 aliphatic carbocycles. The van der Waals surface area contributed by atoms with Crippen LogP contribution in [0, 0.1) is 15.9 Å². The molecule has 0 amide bonds. The zero-order chi connectivity index (χ0) is 19.1. The van der Waals surface area contributed by atoms with Gasteiger partial charge in [-0.2, -0.15) is 5.10 Å². The Morgan fingerprint density at radius 2 is 1.85 bits per heavy atom. The molecule has 0 saturated carbocycles. The number of nitro groups is 1. The van der Waals surface area contributed by atoms with Crippen LogP contribution in [0.5, 0.6) is 11.5 Å². The van der Waals surface area contributed by atoms with Crippen molar-refractivity contribution in [3.05, 3.63) is 57.9 Å². The van der Waals surface area contributed by atoms with E-state index in [-0.39, 0.29) is 27.9 Å². The number of hydrogen-bond donors (Lipinski definition) is 2. The number of hydrazone groups is 1. The van der Waals surface area contributed by atoms with Crippen molar-refractivity contribution in [3.63, 3.8) is 0 Å². The van der Waals surface area contributed by atoms with Gasteiger partial charge in [-0.1, -0.05) is 0 Å². The van der Waals surface area contributed by atoms with Crippen LogP contribution in [0.15, 0.2) is 41.5 Å². The first-order valence-corrected chi connectivity index (χ1v) is 7.61. The summed E-state index contributed by atoms with van der Waals surface area (Å²) in [6.45, 7) is 0. The number of halogens is 1. The monoisotopic (exact) mass is 378 g/mol. The van der Waals surface area contributed by atoms with Crippen molar-refractivity contribution < 1.29 is 18.8 Å². The molecule has 2 aromatic rings. The fourth-order valence-electron chi connectivity index (χ4n) is 2.00. The molecule has 0 atom stereocenters. The molecule has 26 heavy (non-hydrogen) atoms. The summed E-state index contributed by atoms with van der Waals surface area (Å²) >= 11 is 5.05. The van der Waals surface area contributed by atoms with Crippen LogP contribution >= 0.6 is 12.2 Å². The number of ether oxygens (including phenoxy) is 2. The molecule has 0 radical (unpaired) electrons. The molecule has 136 valence electrons. The van der Waals surface area contributed by atoms with Crippen LogP contribution in [-0.4, -0.2) is 30.5 Å². The van der Waals surface area contributed by atoms with Crippen molar-refractivity contribution in [2.45, 2.75) is 0 Å². The molecule has 0 heterocycles. The van der Waals surface area contributed by atoms with Crippen molar-refractivity contribution in [3.8, 4) is 11.5 Å². The lowest BCUT2D eigenvalue weighted by Gasteiger charge is -2.09. The van der Waals surface area contributed by atoms with Crippen molar-refractivity contribution in [2.24, 2.45) is 5.10 Å². The standard InChI is InChI=1S/C16H15FN4O4S/c1-24-14-7-10(13(21(22)23)8-15(14)25-2)9-18-20-16(26)19-12-5-3-11(17)4-6-12/h3-9H,1-2H3,(H2,19,20,26)/b18-9-. The van der Waals surface area contributed by atoms with Crippen LogP contribution in [0.3, 0.4) is 0 Å². The van der Waals surface area contributed by atoms with Crippen LogP contribution in [0.4, 0.5) is 15.8 Å². The number of thiocarbonyl (C=S) groups is 1. The minimum atomic E-state index is -0.557. The summed E-state index contributed by atoms with van der Waals surface area (Å²) in [6, 6.07) is 8.24. The summed E-state index contributed by atoms with van der Waals surface area (Å²) in [4.78, 5) is 10.7. The normalized spacial score (nSPS) is 10.4. The van der Waals surface area contributed by atoms with Gasteiger partial charge >= 0.3 is 0 Å². The van der Waals surface area contributed by atoms with E-state index in [0.717, 1.165) is 0 Å². The smallest absolute Gasteiger partial charge is 0.282 e. The Morgan fingerprint density at radius 1 is 1.23 bits per heavy atom. The zero-order valence-corrected chi connectivity index (χ0v) is 14.7. The fourth-order valence-corrected chi connectivity index (χ4v) is 2.17. The van der Waals surface area contributed by atoms with Crippen LogP contribution in [-0.2, 0) is 0 Å². The Bertz CT molecular complexity index is 843. The maximum Gasteiger partial charge on any atom is 0.282 e. The Kier molecular flexibility index (Phi) is 6.39. The van der Waals surface area contributed by atoms with E-state index in [1.807, 2.05) is 0 Å². The summed E-state index contributed by atoms with van der Waals surface area (Å²) in [5, 5.41) is 18.0. The molecule has 0 aliphatic rings. The van der Waals surface area contributed by atoms with Crippen molar-refractivity contribution >= 4 is 34.9 Å². The van der Waals surface area contributed by atoms with Gasteiger partial charge in [0.2, 0.25) is 0 Å². The van der Waals surface area contributed by atoms with Crippen LogP contribution in [0.25, 0.3) is 0 Å². The summed E-state index contributed by atoms with van der Waals surface area (Å²) in [6.07, 6.45) is 1.23. The Balaban J connectivity index is 2.12. The third-order valence-electron chi connectivity index (χ3n) is 3.20. The minimum Gasteiger partial charge on any atom is -0.493 e. The molecule has 0 bridgehead atoms. The van der Waals surface area contributed by atoms with E-state index in [9.17, 15) is 14.5 Å². The minimum absolute atomic E-state index is 0.135. The van der Waals surface area contributed by atoms with Gasteiger partial charge in [-0.3, -0.25) is 15.5 Å². The Hall–Kier alpha value is -3.27. The van der Waals surface area contributed by atoms with Crippen LogP contribution < -0.4 is 20.2 Å². The first kappa shape index (κ1) is 19.1. The lowest BCUT2D eigenvalue weighted by molar-refractivity contribution is -0.385. The van der Waals surface area contributed by atoms with Gasteiger partial charge in [-0.25, -0.2) is 4.39 Å². The number of benzene rings is 2. The lowest BCUT2D eigenvalue weighted by atomic mass is 10.1. The molecular weight excluding hydrogens is 363 g/mol. The van der Waals surface area contributed by atoms with E-state index < -0.39 is 4.92 Å². The van der Waals surface area contributed by atoms with Gasteiger partial charge in [0.15, 0.2) is 16.6 Å². The van der Waals surface area contributed by atoms with Crippen LogP contribution in [0.2, 0.25) is 0 Å². The van der Waals surface area contributed by atoms with Gasteiger partial charge in [-0.15, -0.1) is 0 Å². The van der Waals surface area contributed by atoms with Gasteiger partial charge in [0.1, 0.15) is 5.82 Å². The topological polar surface area (TPSA) is 98.0 Å². The number of rotatable bonds is 6.